The number of nitrogens with one attached hydrogen (secondary N) is 1. The van der Waals surface area contributed by atoms with Crippen LogP contribution in [0.4, 0.5) is 0 Å². The van der Waals surface area contributed by atoms with Gasteiger partial charge in [-0.15, -0.1) is 0 Å². The van der Waals surface area contributed by atoms with E-state index >= 15 is 0 Å². The average molecular weight is 287 g/mol. The molecule has 5 heteroatoms. The van der Waals surface area contributed by atoms with Gasteiger partial charge in [-0.1, -0.05) is 11.8 Å². The fourth-order valence-corrected chi connectivity index (χ4v) is 1.88. The Kier molecular flexibility index (Phi) is 4.49. The molecule has 1 aromatic carbocycles. The summed E-state index contributed by atoms with van der Waals surface area (Å²) in [7, 11) is 0. The van der Waals surface area contributed by atoms with Crippen molar-refractivity contribution in [3.63, 3.8) is 0 Å². The largest absolute Gasteiger partial charge is 0.462 e. The number of ether oxygens (including phenoxy) is 1. The first-order chi connectivity index (χ1) is 9.67. The van der Waals surface area contributed by atoms with Gasteiger partial charge in [0, 0.05) is 22.7 Å². The summed E-state index contributed by atoms with van der Waals surface area (Å²) in [6, 6.07) is 5.22. The van der Waals surface area contributed by atoms with Crippen LogP contribution < -0.4 is 5.43 Å². The Balaban J connectivity index is 2.58. The van der Waals surface area contributed by atoms with E-state index in [1.165, 1.54) is 6.20 Å². The molecule has 0 saturated carbocycles. The second kappa shape index (κ2) is 6.31. The first-order valence-electron chi connectivity index (χ1n) is 6.09. The highest BCUT2D eigenvalue weighted by Gasteiger charge is 2.13. The lowest BCUT2D eigenvalue weighted by molar-refractivity contribution is 0.0524. The number of aromatic amines is 1. The van der Waals surface area contributed by atoms with Crippen LogP contribution in [0, 0.1) is 11.8 Å². The van der Waals surface area contributed by atoms with Crippen molar-refractivity contribution in [1.82, 2.24) is 4.98 Å². The van der Waals surface area contributed by atoms with Crippen LogP contribution in [0.2, 0.25) is 0 Å². The molecule has 4 nitrogen and oxygen atoms in total. The summed E-state index contributed by atoms with van der Waals surface area (Å²) in [4.78, 5) is 26.9. The van der Waals surface area contributed by atoms with Crippen molar-refractivity contribution in [1.29, 1.82) is 0 Å². The molecule has 20 heavy (non-hydrogen) atoms. The Hall–Kier alpha value is -2.19. The van der Waals surface area contributed by atoms with E-state index in [1.807, 2.05) is 0 Å². The lowest BCUT2D eigenvalue weighted by Gasteiger charge is -2.03. The third-order valence-corrected chi connectivity index (χ3v) is 2.85. The zero-order valence-electron chi connectivity index (χ0n) is 10.9. The number of pyridine rings is 1. The number of carbonyl (C=O) groups is 1. The molecular weight excluding hydrogens is 274 g/mol. The van der Waals surface area contributed by atoms with Gasteiger partial charge in [-0.05, 0) is 25.1 Å². The van der Waals surface area contributed by atoms with Crippen LogP contribution in [0.5, 0.6) is 0 Å². The van der Waals surface area contributed by atoms with Crippen LogP contribution in [0.15, 0.2) is 29.2 Å². The van der Waals surface area contributed by atoms with Crippen molar-refractivity contribution in [2.24, 2.45) is 0 Å². The third kappa shape index (κ3) is 2.86. The van der Waals surface area contributed by atoms with Gasteiger partial charge < -0.3 is 9.72 Å². The fraction of sp³-hybridized carbons (Fsp3) is 0.200. The molecule has 0 amide bonds. The smallest absolute Gasteiger partial charge is 0.343 e. The molecule has 2 rings (SSSR count). The Bertz CT molecular complexity index is 768. The molecule has 0 spiro atoms. The van der Waals surface area contributed by atoms with Crippen molar-refractivity contribution < 1.29 is 9.53 Å². The summed E-state index contributed by atoms with van der Waals surface area (Å²) in [6.45, 7) is 1.92. The monoisotopic (exact) mass is 287 g/mol. The third-order valence-electron chi connectivity index (χ3n) is 2.69. The first kappa shape index (κ1) is 14.2. The number of H-pyrrole nitrogens is 1. The Morgan fingerprint density at radius 1 is 1.45 bits per heavy atom. The molecule has 1 aromatic heterocycles. The summed E-state index contributed by atoms with van der Waals surface area (Å²) >= 11 is 4.01. The molecular formula is C15H13NO3S. The minimum Gasteiger partial charge on any atom is -0.462 e. The van der Waals surface area contributed by atoms with Gasteiger partial charge in [0.15, 0.2) is 0 Å². The number of esters is 1. The maximum absolute atomic E-state index is 12.3. The van der Waals surface area contributed by atoms with E-state index in [-0.39, 0.29) is 17.6 Å². The highest BCUT2D eigenvalue weighted by Crippen LogP contribution is 2.11. The molecule has 2 aromatic rings. The SMILES string of the molecule is CCOC(=O)c1c[nH]c2ccc(C#CCS)cc2c1=O. The van der Waals surface area contributed by atoms with E-state index in [0.29, 0.717) is 22.2 Å². The summed E-state index contributed by atoms with van der Waals surface area (Å²) in [6.07, 6.45) is 1.38. The Morgan fingerprint density at radius 2 is 2.25 bits per heavy atom. The van der Waals surface area contributed by atoms with E-state index < -0.39 is 5.97 Å². The molecule has 0 atom stereocenters. The molecule has 0 saturated heterocycles. The van der Waals surface area contributed by atoms with Crippen molar-refractivity contribution >= 4 is 29.5 Å². The number of thiol groups is 1. The second-order valence-electron chi connectivity index (χ2n) is 3.97. The molecule has 1 heterocycles. The number of carbonyl (C=O) groups excluding carboxylic acids is 1. The lowest BCUT2D eigenvalue weighted by Crippen LogP contribution is -2.18. The first-order valence-corrected chi connectivity index (χ1v) is 6.73. The summed E-state index contributed by atoms with van der Waals surface area (Å²) in [5.74, 6) is 5.53. The van der Waals surface area contributed by atoms with Crippen LogP contribution in [0.3, 0.4) is 0 Å². The fourth-order valence-electron chi connectivity index (χ4n) is 1.80. The van der Waals surface area contributed by atoms with E-state index in [2.05, 4.69) is 29.5 Å². The maximum Gasteiger partial charge on any atom is 0.343 e. The predicted molar refractivity (Wildman–Crippen MR) is 81.3 cm³/mol. The van der Waals surface area contributed by atoms with E-state index in [9.17, 15) is 9.59 Å². The van der Waals surface area contributed by atoms with E-state index in [4.69, 9.17) is 4.74 Å². The zero-order chi connectivity index (χ0) is 14.5. The lowest BCUT2D eigenvalue weighted by atomic mass is 10.1. The van der Waals surface area contributed by atoms with Crippen molar-refractivity contribution in [2.45, 2.75) is 6.92 Å². The minimum absolute atomic E-state index is 0.00125. The molecule has 102 valence electrons. The highest BCUT2D eigenvalue weighted by molar-refractivity contribution is 7.80. The van der Waals surface area contributed by atoms with Crippen LogP contribution >= 0.6 is 12.6 Å². The summed E-state index contributed by atoms with van der Waals surface area (Å²) in [5, 5.41) is 0.418. The topological polar surface area (TPSA) is 59.2 Å². The van der Waals surface area contributed by atoms with Gasteiger partial charge in [-0.3, -0.25) is 4.79 Å². The van der Waals surface area contributed by atoms with Crippen LogP contribution in [0.25, 0.3) is 10.9 Å². The number of rotatable bonds is 2. The van der Waals surface area contributed by atoms with Gasteiger partial charge in [0.25, 0.3) is 0 Å². The quantitative estimate of drug-likeness (QED) is 0.504. The maximum atomic E-state index is 12.3. The number of hydrogen-bond donors (Lipinski definition) is 2. The van der Waals surface area contributed by atoms with Crippen LogP contribution in [0.1, 0.15) is 22.8 Å². The number of benzene rings is 1. The molecule has 0 aliphatic rings. The van der Waals surface area contributed by atoms with Gasteiger partial charge >= 0.3 is 5.97 Å². The molecule has 0 aliphatic heterocycles. The van der Waals surface area contributed by atoms with Gasteiger partial charge in [-0.2, -0.15) is 12.6 Å². The minimum atomic E-state index is -0.623. The van der Waals surface area contributed by atoms with E-state index in [1.54, 1.807) is 25.1 Å². The van der Waals surface area contributed by atoms with E-state index in [0.717, 1.165) is 0 Å². The normalized spacial score (nSPS) is 9.90. The van der Waals surface area contributed by atoms with Crippen LogP contribution in [-0.2, 0) is 4.74 Å². The predicted octanol–water partition coefficient (Wildman–Crippen LogP) is 1.99. The molecule has 0 fully saturated rings. The van der Waals surface area contributed by atoms with Crippen LogP contribution in [-0.4, -0.2) is 23.3 Å². The van der Waals surface area contributed by atoms with Crippen molar-refractivity contribution in [3.8, 4) is 11.8 Å². The second-order valence-corrected chi connectivity index (χ2v) is 4.29. The summed E-state index contributed by atoms with van der Waals surface area (Å²) in [5.41, 5.74) is 1.00. The average Bonchev–Trinajstić information content (AvgIpc) is 2.46. The van der Waals surface area contributed by atoms with Crippen molar-refractivity contribution in [2.75, 3.05) is 12.4 Å². The molecule has 0 radical (unpaired) electrons. The molecule has 0 unspecified atom stereocenters. The Morgan fingerprint density at radius 3 is 2.95 bits per heavy atom. The van der Waals surface area contributed by atoms with Gasteiger partial charge in [0.05, 0.1) is 12.4 Å². The van der Waals surface area contributed by atoms with Gasteiger partial charge in [0.2, 0.25) is 5.43 Å². The molecule has 1 N–H and O–H groups in total. The van der Waals surface area contributed by atoms with Gasteiger partial charge in [0.1, 0.15) is 5.56 Å². The van der Waals surface area contributed by atoms with Gasteiger partial charge in [-0.25, -0.2) is 4.79 Å². The number of aromatic nitrogens is 1. The summed E-state index contributed by atoms with van der Waals surface area (Å²) < 4.78 is 4.86. The standard InChI is InChI=1S/C15H13NO3S/c1-2-19-15(18)12-9-16-13-6-5-10(4-3-7-20)8-11(13)14(12)17/h5-6,8-9,20H,2,7H2,1H3,(H,16,17). The zero-order valence-corrected chi connectivity index (χ0v) is 11.8. The number of hydrogen-bond acceptors (Lipinski definition) is 4. The molecule has 0 aliphatic carbocycles. The highest BCUT2D eigenvalue weighted by atomic mass is 32.1. The Labute approximate surface area is 121 Å². The van der Waals surface area contributed by atoms with Crippen molar-refractivity contribution in [3.05, 3.63) is 45.7 Å². The molecule has 0 bridgehead atoms. The number of fused-ring (bicyclic) bond motifs is 1.